The highest BCUT2D eigenvalue weighted by atomic mass is 32.2. The van der Waals surface area contributed by atoms with Crippen molar-refractivity contribution in [2.45, 2.75) is 24.8 Å². The number of nitrogens with zero attached hydrogens (tertiary/aromatic N) is 2. The fourth-order valence-corrected chi connectivity index (χ4v) is 4.03. The van der Waals surface area contributed by atoms with E-state index in [0.717, 1.165) is 12.1 Å². The molecule has 1 aromatic carbocycles. The maximum Gasteiger partial charge on any atom is 0.417 e. The highest BCUT2D eigenvalue weighted by molar-refractivity contribution is 7.90. The summed E-state index contributed by atoms with van der Waals surface area (Å²) in [5, 5.41) is 8.31. The summed E-state index contributed by atoms with van der Waals surface area (Å²) in [6, 6.07) is 4.84. The van der Waals surface area contributed by atoms with Gasteiger partial charge in [0.15, 0.2) is 0 Å². The van der Waals surface area contributed by atoms with E-state index in [4.69, 9.17) is 5.26 Å². The van der Waals surface area contributed by atoms with Gasteiger partial charge in [-0.2, -0.15) is 18.4 Å². The van der Waals surface area contributed by atoms with Crippen LogP contribution in [-0.2, 0) is 16.2 Å². The highest BCUT2D eigenvalue weighted by Crippen LogP contribution is 2.34. The fraction of sp³-hybridized carbons (Fsp3) is 0.500. The third-order valence-corrected chi connectivity index (χ3v) is 5.68. The zero-order valence-corrected chi connectivity index (χ0v) is 13.2. The van der Waals surface area contributed by atoms with Gasteiger partial charge >= 0.3 is 6.18 Å². The Morgan fingerprint density at radius 3 is 2.70 bits per heavy atom. The summed E-state index contributed by atoms with van der Waals surface area (Å²) in [7, 11) is -3.43. The van der Waals surface area contributed by atoms with Gasteiger partial charge in [0.2, 0.25) is 10.0 Å². The molecule has 1 aliphatic rings. The first kappa shape index (κ1) is 17.6. The van der Waals surface area contributed by atoms with Crippen LogP contribution in [0.1, 0.15) is 24.5 Å². The second-order valence-corrected chi connectivity index (χ2v) is 7.28. The smallest absolute Gasteiger partial charge is 0.370 e. The Labute approximate surface area is 132 Å². The third-order valence-electron chi connectivity index (χ3n) is 3.72. The number of rotatable bonds is 4. The van der Waals surface area contributed by atoms with Crippen LogP contribution in [0.25, 0.3) is 0 Å². The van der Waals surface area contributed by atoms with Gasteiger partial charge in [-0.1, -0.05) is 6.92 Å². The Bertz CT molecular complexity index is 726. The first-order chi connectivity index (χ1) is 10.7. The van der Waals surface area contributed by atoms with Gasteiger partial charge in [-0.3, -0.25) is 0 Å². The normalized spacial score (nSPS) is 18.9. The predicted octanol–water partition coefficient (Wildman–Crippen LogP) is 2.10. The van der Waals surface area contributed by atoms with E-state index < -0.39 is 32.6 Å². The molecule has 0 amide bonds. The minimum Gasteiger partial charge on any atom is -0.370 e. The monoisotopic (exact) mass is 347 g/mol. The topological polar surface area (TPSA) is 73.2 Å². The Morgan fingerprint density at radius 1 is 1.43 bits per heavy atom. The molecule has 0 radical (unpaired) electrons. The number of alkyl halides is 3. The maximum atomic E-state index is 12.8. The van der Waals surface area contributed by atoms with Crippen LogP contribution in [0, 0.1) is 11.3 Å². The van der Waals surface area contributed by atoms with Crippen LogP contribution >= 0.6 is 0 Å². The summed E-state index contributed by atoms with van der Waals surface area (Å²) < 4.78 is 64.8. The van der Waals surface area contributed by atoms with Crippen LogP contribution in [-0.4, -0.2) is 33.3 Å². The standard InChI is InChI=1S/C14H16F3N3O2S/c1-2-19-23(21,22)12-5-6-20(9-12)11-3-4-13(14(15,16)17)10(7-11)8-18/h3-4,7,12,19H,2,5-6,9H2,1H3/t12-/m0/s1. The first-order valence-electron chi connectivity index (χ1n) is 7.03. The summed E-state index contributed by atoms with van der Waals surface area (Å²) in [5.41, 5.74) is -1.03. The molecule has 1 fully saturated rings. The molecule has 1 N–H and O–H groups in total. The van der Waals surface area contributed by atoms with Gasteiger partial charge in [0.25, 0.3) is 0 Å². The van der Waals surface area contributed by atoms with E-state index in [2.05, 4.69) is 4.72 Å². The summed E-state index contributed by atoms with van der Waals surface area (Å²) in [6.45, 7) is 2.56. The molecule has 0 aromatic heterocycles. The molecular formula is C14H16F3N3O2S. The summed E-state index contributed by atoms with van der Waals surface area (Å²) >= 11 is 0. The van der Waals surface area contributed by atoms with Crippen LogP contribution in [0.5, 0.6) is 0 Å². The number of sulfonamides is 1. The van der Waals surface area contributed by atoms with E-state index in [9.17, 15) is 21.6 Å². The number of benzene rings is 1. The average molecular weight is 347 g/mol. The summed E-state index contributed by atoms with van der Waals surface area (Å²) in [6.07, 6.45) is -4.20. The number of hydrogen-bond acceptors (Lipinski definition) is 4. The molecule has 1 saturated heterocycles. The molecule has 1 aliphatic heterocycles. The van der Waals surface area contributed by atoms with Gasteiger partial charge in [0.05, 0.1) is 22.4 Å². The lowest BCUT2D eigenvalue weighted by Gasteiger charge is -2.20. The van der Waals surface area contributed by atoms with Gasteiger partial charge in [-0.15, -0.1) is 0 Å². The van der Waals surface area contributed by atoms with Gasteiger partial charge in [0, 0.05) is 25.3 Å². The fourth-order valence-electron chi connectivity index (χ4n) is 2.60. The molecule has 0 aliphatic carbocycles. The molecule has 0 saturated carbocycles. The molecule has 1 aromatic rings. The third kappa shape index (κ3) is 3.76. The quantitative estimate of drug-likeness (QED) is 0.905. The molecule has 126 valence electrons. The van der Waals surface area contributed by atoms with Crippen molar-refractivity contribution in [2.24, 2.45) is 0 Å². The first-order valence-corrected chi connectivity index (χ1v) is 8.58. The van der Waals surface area contributed by atoms with Gasteiger partial charge in [-0.05, 0) is 24.6 Å². The average Bonchev–Trinajstić information content (AvgIpc) is 2.96. The molecule has 1 atom stereocenters. The van der Waals surface area contributed by atoms with Gasteiger partial charge in [0.1, 0.15) is 0 Å². The molecular weight excluding hydrogens is 331 g/mol. The lowest BCUT2D eigenvalue weighted by Crippen LogP contribution is -2.36. The molecule has 23 heavy (non-hydrogen) atoms. The van der Waals surface area contributed by atoms with Crippen LogP contribution in [0.4, 0.5) is 18.9 Å². The minimum atomic E-state index is -4.59. The maximum absolute atomic E-state index is 12.8. The largest absolute Gasteiger partial charge is 0.417 e. The Balaban J connectivity index is 2.23. The minimum absolute atomic E-state index is 0.186. The van der Waals surface area contributed by atoms with Gasteiger partial charge < -0.3 is 4.90 Å². The predicted molar refractivity (Wildman–Crippen MR) is 79.4 cm³/mol. The number of anilines is 1. The van der Waals surface area contributed by atoms with Crippen molar-refractivity contribution in [3.63, 3.8) is 0 Å². The molecule has 5 nitrogen and oxygen atoms in total. The summed E-state index contributed by atoms with van der Waals surface area (Å²) in [4.78, 5) is 1.68. The Hall–Kier alpha value is -1.79. The van der Waals surface area contributed by atoms with Crippen LogP contribution < -0.4 is 9.62 Å². The van der Waals surface area contributed by atoms with E-state index in [1.54, 1.807) is 17.9 Å². The summed E-state index contributed by atoms with van der Waals surface area (Å²) in [5.74, 6) is 0. The zero-order chi connectivity index (χ0) is 17.3. The van der Waals surface area contributed by atoms with E-state index in [1.165, 1.54) is 6.07 Å². The van der Waals surface area contributed by atoms with Crippen molar-refractivity contribution in [3.05, 3.63) is 29.3 Å². The van der Waals surface area contributed by atoms with E-state index in [1.807, 2.05) is 0 Å². The van der Waals surface area contributed by atoms with Crippen molar-refractivity contribution in [2.75, 3.05) is 24.5 Å². The number of halogens is 3. The van der Waals surface area contributed by atoms with Crippen molar-refractivity contribution >= 4 is 15.7 Å². The second kappa shape index (κ2) is 6.37. The Morgan fingerprint density at radius 2 is 2.13 bits per heavy atom. The van der Waals surface area contributed by atoms with Crippen LogP contribution in [0.2, 0.25) is 0 Å². The molecule has 0 bridgehead atoms. The van der Waals surface area contributed by atoms with Crippen molar-refractivity contribution in [3.8, 4) is 6.07 Å². The number of hydrogen-bond donors (Lipinski definition) is 1. The van der Waals surface area contributed by atoms with Crippen molar-refractivity contribution in [1.29, 1.82) is 5.26 Å². The number of nitriles is 1. The van der Waals surface area contributed by atoms with Gasteiger partial charge in [-0.25, -0.2) is 13.1 Å². The molecule has 1 heterocycles. The van der Waals surface area contributed by atoms with E-state index in [0.29, 0.717) is 18.7 Å². The van der Waals surface area contributed by atoms with E-state index in [-0.39, 0.29) is 13.1 Å². The van der Waals surface area contributed by atoms with Crippen LogP contribution in [0.3, 0.4) is 0 Å². The molecule has 2 rings (SSSR count). The highest BCUT2D eigenvalue weighted by Gasteiger charge is 2.35. The SMILES string of the molecule is CCNS(=O)(=O)[C@H]1CCN(c2ccc(C(F)(F)F)c(C#N)c2)C1. The molecule has 0 spiro atoms. The lowest BCUT2D eigenvalue weighted by molar-refractivity contribution is -0.137. The molecule has 0 unspecified atom stereocenters. The molecule has 9 heteroatoms. The lowest BCUT2D eigenvalue weighted by atomic mass is 10.1. The second-order valence-electron chi connectivity index (χ2n) is 5.24. The van der Waals surface area contributed by atoms with E-state index >= 15 is 0 Å². The van der Waals surface area contributed by atoms with Crippen molar-refractivity contribution < 1.29 is 21.6 Å². The van der Waals surface area contributed by atoms with Crippen molar-refractivity contribution in [1.82, 2.24) is 4.72 Å². The zero-order valence-electron chi connectivity index (χ0n) is 12.4. The van der Waals surface area contributed by atoms with Crippen LogP contribution in [0.15, 0.2) is 18.2 Å². The number of nitrogens with one attached hydrogen (secondary N) is 1. The Kier molecular flexibility index (Phi) is 4.87.